The lowest BCUT2D eigenvalue weighted by atomic mass is 9.82. The van der Waals surface area contributed by atoms with Crippen molar-refractivity contribution in [1.29, 1.82) is 0 Å². The van der Waals surface area contributed by atoms with Crippen molar-refractivity contribution in [2.75, 3.05) is 37.9 Å². The van der Waals surface area contributed by atoms with Crippen LogP contribution in [0.15, 0.2) is 144 Å². The largest absolute Gasteiger partial charge is 0.497 e. The molecule has 0 amide bonds. The van der Waals surface area contributed by atoms with Crippen molar-refractivity contribution in [3.8, 4) is 17.2 Å². The molecule has 0 aromatic heterocycles. The van der Waals surface area contributed by atoms with Gasteiger partial charge in [-0.25, -0.2) is 8.42 Å². The van der Waals surface area contributed by atoms with Crippen molar-refractivity contribution in [3.63, 3.8) is 0 Å². The summed E-state index contributed by atoms with van der Waals surface area (Å²) in [4.78, 5) is 2.94. The van der Waals surface area contributed by atoms with Crippen molar-refractivity contribution >= 4 is 21.2 Å². The van der Waals surface area contributed by atoms with Gasteiger partial charge in [0.2, 0.25) is 0 Å². The molecular weight excluding hydrogens is 1190 g/mol. The summed E-state index contributed by atoms with van der Waals surface area (Å²) in [6, 6.07) is 46.8. The third kappa shape index (κ3) is 39.9. The Balaban J connectivity index is 0.000000292. The van der Waals surface area contributed by atoms with E-state index in [1.165, 1.54) is 128 Å². The van der Waals surface area contributed by atoms with Crippen LogP contribution < -0.4 is 36.1 Å². The zero-order valence-corrected chi connectivity index (χ0v) is 65.4. The first-order chi connectivity index (χ1) is 44.1. The van der Waals surface area contributed by atoms with Crippen LogP contribution in [-0.2, 0) is 16.3 Å². The molecule has 0 saturated heterocycles. The molecule has 4 aliphatic rings. The Bertz CT molecular complexity index is 2880. The molecule has 0 radical (unpaired) electrons. The summed E-state index contributed by atoms with van der Waals surface area (Å²) in [6.45, 7) is 47.5. The topological polar surface area (TPSA) is 116 Å². The number of para-hydroxylation sites is 1. The summed E-state index contributed by atoms with van der Waals surface area (Å²) in [7, 11) is 0.770. The third-order valence-electron chi connectivity index (χ3n) is 17.1. The van der Waals surface area contributed by atoms with E-state index < -0.39 is 14.6 Å². The SMILES string of the molecule is CC(C)(C)NC1CCC(Cc2ccccc2)CC1.CC(C)(C)NCC1CC1.CC(C)(C)NCC1CCCCC1.CC(C)(C)Nc1cccc(Oc2ccccc2)c1.CC(C)(C)S(=O)(=O)c1ccccc1.CN(C1CCCCC1)C(C)(C)C.COc1ccc(NC(C)(C)C)cc1. The fraction of sp³-hybridized carbons (Fsp3) is 0.643. The Morgan fingerprint density at radius 2 is 0.853 bits per heavy atom. The second-order valence-electron chi connectivity index (χ2n) is 34.4. The van der Waals surface area contributed by atoms with Gasteiger partial charge in [0.25, 0.3) is 0 Å². The van der Waals surface area contributed by atoms with Gasteiger partial charge in [-0.3, -0.25) is 4.90 Å². The van der Waals surface area contributed by atoms with E-state index in [-0.39, 0.29) is 16.6 Å². The Hall–Kier alpha value is -4.91. The van der Waals surface area contributed by atoms with Gasteiger partial charge in [-0.2, -0.15) is 0 Å². The molecule has 0 unspecified atom stereocenters. The zero-order valence-electron chi connectivity index (χ0n) is 64.6. The highest BCUT2D eigenvalue weighted by atomic mass is 32.2. The minimum Gasteiger partial charge on any atom is -0.497 e. The van der Waals surface area contributed by atoms with Crippen molar-refractivity contribution in [3.05, 3.63) is 145 Å². The fourth-order valence-corrected chi connectivity index (χ4v) is 12.7. The number of hydrogen-bond donors (Lipinski definition) is 5. The average Bonchev–Trinajstić information content (AvgIpc) is 1.76. The van der Waals surface area contributed by atoms with Crippen LogP contribution in [0, 0.1) is 17.8 Å². The number of ether oxygens (including phenoxy) is 2. The second-order valence-corrected chi connectivity index (χ2v) is 37.1. The van der Waals surface area contributed by atoms with E-state index in [4.69, 9.17) is 9.47 Å². The first-order valence-electron chi connectivity index (χ1n) is 36.5. The summed E-state index contributed by atoms with van der Waals surface area (Å²) in [5, 5.41) is 17.6. The summed E-state index contributed by atoms with van der Waals surface area (Å²) < 4.78 is 33.8. The van der Waals surface area contributed by atoms with Crippen LogP contribution in [0.5, 0.6) is 17.2 Å². The average molecular weight is 1330 g/mol. The van der Waals surface area contributed by atoms with E-state index >= 15 is 0 Å². The number of hydrogen-bond acceptors (Lipinski definition) is 10. The number of nitrogens with one attached hydrogen (secondary N) is 5. The Labute approximate surface area is 584 Å². The smallest absolute Gasteiger partial charge is 0.183 e. The minimum absolute atomic E-state index is 0.0470. The van der Waals surface area contributed by atoms with Gasteiger partial charge < -0.3 is 36.1 Å². The number of nitrogens with zero attached hydrogens (tertiary/aromatic N) is 1. The van der Waals surface area contributed by atoms with Crippen LogP contribution in [0.3, 0.4) is 0 Å². The van der Waals surface area contributed by atoms with Crippen molar-refractivity contribution < 1.29 is 17.9 Å². The van der Waals surface area contributed by atoms with Gasteiger partial charge in [0.15, 0.2) is 9.84 Å². The summed E-state index contributed by atoms with van der Waals surface area (Å²) >= 11 is 0. The van der Waals surface area contributed by atoms with E-state index in [0.717, 1.165) is 58.5 Å². The molecular formula is C84H140N6O4S. The summed E-state index contributed by atoms with van der Waals surface area (Å²) in [5.41, 5.74) is 5.08. The van der Waals surface area contributed by atoms with Crippen LogP contribution in [0.25, 0.3) is 0 Å². The maximum Gasteiger partial charge on any atom is 0.183 e. The molecule has 10 nitrogen and oxygen atoms in total. The number of methoxy groups -OCH3 is 1. The standard InChI is InChI=1S/C17H27N.C16H19NO.C11H17NO.2C11H23N.C10H14O2S.C8H17N/c1-17(2,3)18-16-11-9-15(10-12-16)13-14-7-5-4-6-8-14;1-16(2,3)17-13-8-7-11-15(12-13)18-14-9-5-4-6-10-14;1-11(2,3)12-9-5-7-10(13-4)8-6-9;1-11(2,3)12(4)10-8-6-5-7-9-10;1-11(2,3)12-9-10-7-5-4-6-8-10;1-10(2,3)13(11,12)9-7-5-4-6-8-9;1-8(2,3)9-6-7-4-5-7/h4-8,15-16,18H,9-13H2,1-3H3;4-12,17H,1-3H3;5-8,12H,1-4H3;10H,5-9H2,1-4H3;10,12H,4-9H2,1-3H3;4-8H,1-3H3;7,9H,4-6H2,1-3H3. The second kappa shape index (κ2) is 40.2. The predicted octanol–water partition coefficient (Wildman–Crippen LogP) is 21.8. The van der Waals surface area contributed by atoms with Crippen molar-refractivity contribution in [2.24, 2.45) is 17.8 Å². The number of rotatable bonds is 14. The maximum atomic E-state index is 11.9. The van der Waals surface area contributed by atoms with Crippen LogP contribution in [0.4, 0.5) is 11.4 Å². The molecule has 0 atom stereocenters. The van der Waals surface area contributed by atoms with Gasteiger partial charge in [-0.05, 0) is 320 Å². The quantitative estimate of drug-likeness (QED) is 0.0736. The molecule has 0 heterocycles. The summed E-state index contributed by atoms with van der Waals surface area (Å²) in [6.07, 6.45) is 24.0. The van der Waals surface area contributed by atoms with Gasteiger partial charge in [0.05, 0.1) is 16.8 Å². The normalized spacial score (nSPS) is 17.5. The lowest BCUT2D eigenvalue weighted by Gasteiger charge is -2.40. The first kappa shape index (κ1) is 84.3. The number of benzene rings is 5. The van der Waals surface area contributed by atoms with E-state index in [1.807, 2.05) is 84.9 Å². The van der Waals surface area contributed by atoms with E-state index in [0.29, 0.717) is 21.5 Å². The molecule has 0 aliphatic heterocycles. The summed E-state index contributed by atoms with van der Waals surface area (Å²) in [5.74, 6) is 5.44. The highest BCUT2D eigenvalue weighted by molar-refractivity contribution is 7.92. The molecule has 5 N–H and O–H groups in total. The molecule has 4 aliphatic carbocycles. The van der Waals surface area contributed by atoms with Gasteiger partial charge >= 0.3 is 0 Å². The predicted molar refractivity (Wildman–Crippen MR) is 414 cm³/mol. The molecule has 0 bridgehead atoms. The van der Waals surface area contributed by atoms with Gasteiger partial charge in [0.1, 0.15) is 17.2 Å². The van der Waals surface area contributed by atoms with E-state index in [2.05, 4.69) is 193 Å². The number of sulfone groups is 1. The van der Waals surface area contributed by atoms with Crippen molar-refractivity contribution in [2.45, 2.75) is 310 Å². The lowest BCUT2D eigenvalue weighted by Crippen LogP contribution is -2.45. The van der Waals surface area contributed by atoms with Crippen LogP contribution in [0.1, 0.15) is 254 Å². The highest BCUT2D eigenvalue weighted by Gasteiger charge is 2.31. The van der Waals surface area contributed by atoms with E-state index in [9.17, 15) is 8.42 Å². The van der Waals surface area contributed by atoms with Gasteiger partial charge in [-0.1, -0.05) is 111 Å². The molecule has 9 rings (SSSR count). The third-order valence-corrected chi connectivity index (χ3v) is 19.6. The maximum absolute atomic E-state index is 11.9. The molecule has 11 heteroatoms. The molecule has 536 valence electrons. The van der Waals surface area contributed by atoms with Gasteiger partial charge in [-0.15, -0.1) is 0 Å². The Morgan fingerprint density at radius 3 is 1.28 bits per heavy atom. The van der Waals surface area contributed by atoms with Crippen LogP contribution in [-0.4, -0.2) is 90.6 Å². The molecule has 5 aromatic rings. The van der Waals surface area contributed by atoms with Crippen molar-refractivity contribution in [1.82, 2.24) is 20.9 Å². The molecule has 4 saturated carbocycles. The number of anilines is 2. The molecule has 0 spiro atoms. The monoisotopic (exact) mass is 1330 g/mol. The van der Waals surface area contributed by atoms with Crippen LogP contribution in [0.2, 0.25) is 0 Å². The fourth-order valence-electron chi connectivity index (χ4n) is 11.5. The van der Waals surface area contributed by atoms with Gasteiger partial charge in [0, 0.05) is 62.8 Å². The first-order valence-corrected chi connectivity index (χ1v) is 38.0. The van der Waals surface area contributed by atoms with Crippen LogP contribution >= 0.6 is 0 Å². The minimum atomic E-state index is -3.18. The Morgan fingerprint density at radius 1 is 0.421 bits per heavy atom. The molecule has 4 fully saturated rings. The lowest BCUT2D eigenvalue weighted by molar-refractivity contribution is 0.0912. The molecule has 95 heavy (non-hydrogen) atoms. The Kier molecular flexibility index (Phi) is 35.7. The van der Waals surface area contributed by atoms with E-state index in [1.54, 1.807) is 52.1 Å². The zero-order chi connectivity index (χ0) is 71.2. The highest BCUT2D eigenvalue weighted by Crippen LogP contribution is 2.32. The molecule has 5 aromatic carbocycles.